The van der Waals surface area contributed by atoms with Crippen molar-refractivity contribution in [2.24, 2.45) is 0 Å². The van der Waals surface area contributed by atoms with Crippen molar-refractivity contribution in [1.82, 2.24) is 11.1 Å². The summed E-state index contributed by atoms with van der Waals surface area (Å²) in [5, 5.41) is 0. The lowest BCUT2D eigenvalue weighted by atomic mass is 10.1. The van der Waals surface area contributed by atoms with Gasteiger partial charge in [0, 0.05) is 17.3 Å². The average Bonchev–Trinajstić information content (AvgIpc) is 2.17. The first kappa shape index (κ1) is 9.63. The Kier molecular flexibility index (Phi) is 2.94. The standard InChI is InChI=1S/C8H7NO3.H3N/c10-3-6-1-9-2-8-7(6)4-11-5-12-8;/h1-3H,4-5H2;1H3. The molecule has 1 aromatic heterocycles. The minimum atomic E-state index is 0. The Morgan fingerprint density at radius 1 is 1.46 bits per heavy atom. The van der Waals surface area contributed by atoms with Crippen molar-refractivity contribution >= 4 is 6.29 Å². The number of aldehydes is 1. The predicted molar refractivity (Wildman–Crippen MR) is 44.9 cm³/mol. The number of nitrogens with zero attached hydrogens (tertiary/aromatic N) is 1. The Bertz CT molecular complexity index is 314. The van der Waals surface area contributed by atoms with E-state index in [1.54, 1.807) is 6.20 Å². The molecule has 5 heteroatoms. The smallest absolute Gasteiger partial charge is 0.189 e. The maximum Gasteiger partial charge on any atom is 0.189 e. The van der Waals surface area contributed by atoms with Crippen LogP contribution < -0.4 is 10.9 Å². The summed E-state index contributed by atoms with van der Waals surface area (Å²) in [5.74, 6) is 0.644. The fourth-order valence-corrected chi connectivity index (χ4v) is 1.11. The number of fused-ring (bicyclic) bond motifs is 1. The van der Waals surface area contributed by atoms with E-state index < -0.39 is 0 Å². The Morgan fingerprint density at radius 3 is 3.08 bits per heavy atom. The fourth-order valence-electron chi connectivity index (χ4n) is 1.11. The molecule has 2 heterocycles. The SMILES string of the molecule is N.O=Cc1cncc2c1COCO2. The molecule has 13 heavy (non-hydrogen) atoms. The van der Waals surface area contributed by atoms with Gasteiger partial charge in [0.15, 0.2) is 13.1 Å². The summed E-state index contributed by atoms with van der Waals surface area (Å²) >= 11 is 0. The molecule has 0 unspecified atom stereocenters. The quantitative estimate of drug-likeness (QED) is 0.653. The lowest BCUT2D eigenvalue weighted by Gasteiger charge is -2.17. The Balaban J connectivity index is 0.000000845. The number of carbonyl (C=O) groups is 1. The van der Waals surface area contributed by atoms with Gasteiger partial charge in [-0.2, -0.15) is 0 Å². The molecule has 3 N–H and O–H groups in total. The Morgan fingerprint density at radius 2 is 2.31 bits per heavy atom. The van der Waals surface area contributed by atoms with Crippen LogP contribution in [0.4, 0.5) is 0 Å². The predicted octanol–water partition coefficient (Wildman–Crippen LogP) is 0.923. The van der Waals surface area contributed by atoms with Crippen LogP contribution in [-0.4, -0.2) is 18.1 Å². The van der Waals surface area contributed by atoms with Crippen LogP contribution in [0.25, 0.3) is 0 Å². The van der Waals surface area contributed by atoms with Crippen LogP contribution in [0.2, 0.25) is 0 Å². The summed E-state index contributed by atoms with van der Waals surface area (Å²) in [4.78, 5) is 14.4. The number of rotatable bonds is 1. The van der Waals surface area contributed by atoms with Crippen LogP contribution in [0.3, 0.4) is 0 Å². The first-order valence-corrected chi connectivity index (χ1v) is 3.54. The van der Waals surface area contributed by atoms with Gasteiger partial charge < -0.3 is 15.6 Å². The number of hydrogen-bond acceptors (Lipinski definition) is 5. The van der Waals surface area contributed by atoms with Gasteiger partial charge in [0.05, 0.1) is 12.8 Å². The molecular formula is C8H10N2O3. The molecule has 0 aliphatic carbocycles. The van der Waals surface area contributed by atoms with Crippen molar-refractivity contribution in [3.8, 4) is 5.75 Å². The second-order valence-electron chi connectivity index (χ2n) is 2.43. The second-order valence-corrected chi connectivity index (χ2v) is 2.43. The number of aromatic nitrogens is 1. The number of ether oxygens (including phenoxy) is 2. The van der Waals surface area contributed by atoms with Crippen molar-refractivity contribution in [2.45, 2.75) is 6.61 Å². The molecule has 1 aromatic rings. The van der Waals surface area contributed by atoms with E-state index >= 15 is 0 Å². The van der Waals surface area contributed by atoms with E-state index in [-0.39, 0.29) is 12.9 Å². The molecule has 0 aromatic carbocycles. The molecule has 0 atom stereocenters. The zero-order valence-corrected chi connectivity index (χ0v) is 7.03. The van der Waals surface area contributed by atoms with Crippen LogP contribution in [0, 0.1) is 0 Å². The summed E-state index contributed by atoms with van der Waals surface area (Å²) in [6.45, 7) is 0.656. The van der Waals surface area contributed by atoms with E-state index in [0.717, 1.165) is 11.8 Å². The highest BCUT2D eigenvalue weighted by Crippen LogP contribution is 2.24. The van der Waals surface area contributed by atoms with Crippen molar-refractivity contribution in [1.29, 1.82) is 0 Å². The largest absolute Gasteiger partial charge is 0.466 e. The van der Waals surface area contributed by atoms with E-state index in [9.17, 15) is 4.79 Å². The third kappa shape index (κ3) is 1.66. The zero-order valence-electron chi connectivity index (χ0n) is 7.03. The van der Waals surface area contributed by atoms with Crippen LogP contribution in [0.5, 0.6) is 5.75 Å². The third-order valence-electron chi connectivity index (χ3n) is 1.72. The summed E-state index contributed by atoms with van der Waals surface area (Å²) in [7, 11) is 0. The lowest BCUT2D eigenvalue weighted by molar-refractivity contribution is -0.0169. The highest BCUT2D eigenvalue weighted by Gasteiger charge is 2.13. The van der Waals surface area contributed by atoms with Crippen LogP contribution in [-0.2, 0) is 11.3 Å². The third-order valence-corrected chi connectivity index (χ3v) is 1.72. The molecule has 2 rings (SSSR count). The number of pyridine rings is 1. The van der Waals surface area contributed by atoms with Gasteiger partial charge in [-0.05, 0) is 0 Å². The topological polar surface area (TPSA) is 83.4 Å². The first-order valence-electron chi connectivity index (χ1n) is 3.54. The zero-order chi connectivity index (χ0) is 8.39. The first-order chi connectivity index (χ1) is 5.92. The van der Waals surface area contributed by atoms with Gasteiger partial charge in [0.1, 0.15) is 5.75 Å². The van der Waals surface area contributed by atoms with Crippen molar-refractivity contribution < 1.29 is 14.3 Å². The number of hydrogen-bond donors (Lipinski definition) is 1. The number of carbonyl (C=O) groups excluding carboxylic acids is 1. The molecule has 0 fully saturated rings. The van der Waals surface area contributed by atoms with E-state index in [4.69, 9.17) is 9.47 Å². The van der Waals surface area contributed by atoms with Crippen LogP contribution >= 0.6 is 0 Å². The fraction of sp³-hybridized carbons (Fsp3) is 0.250. The minimum Gasteiger partial charge on any atom is -0.466 e. The minimum absolute atomic E-state index is 0. The van der Waals surface area contributed by atoms with Crippen molar-refractivity contribution in [3.05, 3.63) is 23.5 Å². The highest BCUT2D eigenvalue weighted by molar-refractivity contribution is 5.77. The van der Waals surface area contributed by atoms with Gasteiger partial charge in [0.2, 0.25) is 0 Å². The van der Waals surface area contributed by atoms with Gasteiger partial charge in [0.25, 0.3) is 0 Å². The maximum atomic E-state index is 10.5. The molecule has 1 aliphatic rings. The summed E-state index contributed by atoms with van der Waals surface area (Å²) in [5.41, 5.74) is 1.32. The van der Waals surface area contributed by atoms with E-state index in [0.29, 0.717) is 17.9 Å². The van der Waals surface area contributed by atoms with Gasteiger partial charge in [-0.15, -0.1) is 0 Å². The van der Waals surface area contributed by atoms with Crippen molar-refractivity contribution in [2.75, 3.05) is 6.79 Å². The highest BCUT2D eigenvalue weighted by atomic mass is 16.7. The monoisotopic (exact) mass is 182 g/mol. The summed E-state index contributed by atoms with van der Waals surface area (Å²) < 4.78 is 10.2. The Labute approximate surface area is 75.3 Å². The molecule has 70 valence electrons. The molecular weight excluding hydrogens is 172 g/mol. The normalized spacial score (nSPS) is 13.5. The van der Waals surface area contributed by atoms with Gasteiger partial charge >= 0.3 is 0 Å². The van der Waals surface area contributed by atoms with Gasteiger partial charge in [-0.1, -0.05) is 0 Å². The van der Waals surface area contributed by atoms with E-state index in [1.165, 1.54) is 6.20 Å². The molecule has 0 saturated heterocycles. The van der Waals surface area contributed by atoms with E-state index in [1.807, 2.05) is 0 Å². The molecule has 0 spiro atoms. The molecule has 5 nitrogen and oxygen atoms in total. The molecule has 0 saturated carbocycles. The van der Waals surface area contributed by atoms with Crippen molar-refractivity contribution in [3.63, 3.8) is 0 Å². The average molecular weight is 182 g/mol. The summed E-state index contributed by atoms with van der Waals surface area (Å²) in [6.07, 6.45) is 3.85. The molecule has 1 aliphatic heterocycles. The summed E-state index contributed by atoms with van der Waals surface area (Å²) in [6, 6.07) is 0. The van der Waals surface area contributed by atoms with E-state index in [2.05, 4.69) is 4.98 Å². The molecule has 0 radical (unpaired) electrons. The van der Waals surface area contributed by atoms with Gasteiger partial charge in [-0.25, -0.2) is 0 Å². The lowest BCUT2D eigenvalue weighted by Crippen LogP contribution is -2.13. The van der Waals surface area contributed by atoms with Gasteiger partial charge in [-0.3, -0.25) is 9.78 Å². The molecule has 0 amide bonds. The second kappa shape index (κ2) is 3.97. The maximum absolute atomic E-state index is 10.5. The molecule has 0 bridgehead atoms. The van der Waals surface area contributed by atoms with Crippen LogP contribution in [0.15, 0.2) is 12.4 Å². The Hall–Kier alpha value is -1.46. The van der Waals surface area contributed by atoms with Crippen LogP contribution in [0.1, 0.15) is 15.9 Å².